The topological polar surface area (TPSA) is 154 Å². The fraction of sp³-hybridized carbons (Fsp3) is 0.267. The fourth-order valence-electron chi connectivity index (χ4n) is 5.94. The van der Waals surface area contributed by atoms with E-state index in [-0.39, 0.29) is 11.9 Å². The van der Waals surface area contributed by atoms with Gasteiger partial charge in [0.1, 0.15) is 17.0 Å². The molecule has 1 fully saturated rings. The number of aryl methyl sites for hydroxylation is 1. The van der Waals surface area contributed by atoms with Gasteiger partial charge < -0.3 is 32.4 Å². The van der Waals surface area contributed by atoms with Crippen LogP contribution in [0.1, 0.15) is 57.2 Å². The number of nitrogens with one attached hydrogen (secondary N) is 1. The van der Waals surface area contributed by atoms with Crippen molar-refractivity contribution >= 4 is 38.8 Å². The predicted octanol–water partition coefficient (Wildman–Crippen LogP) is 4.01. The summed E-state index contributed by atoms with van der Waals surface area (Å²) < 4.78 is 6.64. The number of ether oxygens (including phenoxy) is 1. The molecule has 0 spiro atoms. The molecule has 2 aliphatic rings. The molecule has 1 aromatic heterocycles. The van der Waals surface area contributed by atoms with Crippen molar-refractivity contribution in [1.29, 1.82) is 0 Å². The SMILES string of the molecule is Cc1cc(Oc2ccccc2)ccc1C1(N)C(=O)C(N)c2c(C(=O)N[C@H]3CCC[C@H]3O)sc3c(N)ccc1c23. The molecular formula is C30H30N4O4S. The largest absolute Gasteiger partial charge is 0.457 e. The third kappa shape index (κ3) is 4.01. The average molecular weight is 543 g/mol. The van der Waals surface area contributed by atoms with E-state index >= 15 is 0 Å². The van der Waals surface area contributed by atoms with Crippen LogP contribution in [0.5, 0.6) is 11.5 Å². The number of nitrogen functional groups attached to an aromatic ring is 1. The van der Waals surface area contributed by atoms with Crippen molar-refractivity contribution in [2.24, 2.45) is 11.5 Å². The molecule has 9 heteroatoms. The van der Waals surface area contributed by atoms with E-state index < -0.39 is 23.5 Å². The van der Waals surface area contributed by atoms with Crippen LogP contribution in [0.3, 0.4) is 0 Å². The van der Waals surface area contributed by atoms with Crippen molar-refractivity contribution < 1.29 is 19.4 Å². The summed E-state index contributed by atoms with van der Waals surface area (Å²) in [5.74, 6) is 0.537. The van der Waals surface area contributed by atoms with Crippen molar-refractivity contribution in [3.63, 3.8) is 0 Å². The van der Waals surface area contributed by atoms with Crippen molar-refractivity contribution in [2.75, 3.05) is 5.73 Å². The standard InChI is InChI=1S/C30H30N4O4S/c1-15-14-17(38-16-6-3-2-4-7-16)10-11-18(15)30(33)19-12-13-20(31)26-23(19)24(25(32)28(30)36)27(39-26)29(37)34-21-8-5-9-22(21)35/h2-4,6-7,10-14,21-22,25,35H,5,8-9,31-33H2,1H3,(H,34,37)/t21-,22+,25?,30?/m0/s1. The van der Waals surface area contributed by atoms with E-state index in [9.17, 15) is 14.7 Å². The number of hydrogen-bond acceptors (Lipinski definition) is 8. The molecule has 8 nitrogen and oxygen atoms in total. The lowest BCUT2D eigenvalue weighted by atomic mass is 9.69. The molecule has 200 valence electrons. The number of hydrogen-bond donors (Lipinski definition) is 5. The number of aliphatic hydroxyl groups is 1. The van der Waals surface area contributed by atoms with Crippen molar-refractivity contribution in [3.8, 4) is 11.5 Å². The molecule has 1 saturated carbocycles. The highest BCUT2D eigenvalue weighted by Gasteiger charge is 2.49. The van der Waals surface area contributed by atoms with Gasteiger partial charge in [-0.15, -0.1) is 11.3 Å². The summed E-state index contributed by atoms with van der Waals surface area (Å²) in [6.45, 7) is 1.88. The van der Waals surface area contributed by atoms with Gasteiger partial charge in [0, 0.05) is 16.6 Å². The summed E-state index contributed by atoms with van der Waals surface area (Å²) in [5.41, 5.74) is 21.3. The minimum Gasteiger partial charge on any atom is -0.457 e. The van der Waals surface area contributed by atoms with Crippen LogP contribution < -0.4 is 27.3 Å². The first-order valence-corrected chi connectivity index (χ1v) is 13.8. The maximum absolute atomic E-state index is 14.1. The van der Waals surface area contributed by atoms with Crippen molar-refractivity contribution in [3.05, 3.63) is 87.8 Å². The fourth-order valence-corrected chi connectivity index (χ4v) is 7.14. The lowest BCUT2D eigenvalue weighted by Gasteiger charge is -2.37. The monoisotopic (exact) mass is 542 g/mol. The Balaban J connectivity index is 1.46. The van der Waals surface area contributed by atoms with E-state index in [2.05, 4.69) is 5.32 Å². The first kappa shape index (κ1) is 25.5. The number of anilines is 1. The van der Waals surface area contributed by atoms with Crippen LogP contribution in [0, 0.1) is 6.92 Å². The second-order valence-electron chi connectivity index (χ2n) is 10.4. The Morgan fingerprint density at radius 2 is 1.82 bits per heavy atom. The number of rotatable bonds is 5. The molecule has 0 aliphatic heterocycles. The van der Waals surface area contributed by atoms with Crippen LogP contribution in [0.25, 0.3) is 10.1 Å². The highest BCUT2D eigenvalue weighted by molar-refractivity contribution is 7.21. The molecule has 0 saturated heterocycles. The van der Waals surface area contributed by atoms with E-state index in [1.807, 2.05) is 43.3 Å². The van der Waals surface area contributed by atoms with Crippen LogP contribution in [-0.4, -0.2) is 28.9 Å². The first-order chi connectivity index (χ1) is 18.7. The molecular weight excluding hydrogens is 512 g/mol. The molecule has 2 unspecified atom stereocenters. The van der Waals surface area contributed by atoms with E-state index in [1.54, 1.807) is 24.3 Å². The Morgan fingerprint density at radius 1 is 1.08 bits per heavy atom. The number of thiophene rings is 1. The van der Waals surface area contributed by atoms with E-state index in [1.165, 1.54) is 11.3 Å². The molecule has 8 N–H and O–H groups in total. The van der Waals surface area contributed by atoms with Crippen molar-refractivity contribution in [1.82, 2.24) is 5.32 Å². The Labute approximate surface area is 229 Å². The van der Waals surface area contributed by atoms with Gasteiger partial charge in [-0.25, -0.2) is 0 Å². The molecule has 6 rings (SSSR count). The van der Waals surface area contributed by atoms with Gasteiger partial charge in [-0.3, -0.25) is 9.59 Å². The Bertz CT molecular complexity index is 1620. The molecule has 39 heavy (non-hydrogen) atoms. The van der Waals surface area contributed by atoms with E-state index in [4.69, 9.17) is 21.9 Å². The van der Waals surface area contributed by atoms with Gasteiger partial charge in [0.15, 0.2) is 5.78 Å². The predicted molar refractivity (Wildman–Crippen MR) is 152 cm³/mol. The van der Waals surface area contributed by atoms with Crippen LogP contribution in [0.4, 0.5) is 5.69 Å². The van der Waals surface area contributed by atoms with E-state index in [0.29, 0.717) is 61.7 Å². The van der Waals surface area contributed by atoms with E-state index in [0.717, 1.165) is 12.0 Å². The summed E-state index contributed by atoms with van der Waals surface area (Å²) in [5, 5.41) is 13.8. The number of carbonyl (C=O) groups is 2. The quantitative estimate of drug-likeness (QED) is 0.239. The average Bonchev–Trinajstić information content (AvgIpc) is 3.52. The second-order valence-corrected chi connectivity index (χ2v) is 11.4. The van der Waals surface area contributed by atoms with Crippen LogP contribution in [0.2, 0.25) is 0 Å². The molecule has 4 aromatic rings. The minimum absolute atomic E-state index is 0.328. The van der Waals surface area contributed by atoms with Crippen molar-refractivity contribution in [2.45, 2.75) is 49.9 Å². The first-order valence-electron chi connectivity index (χ1n) is 13.0. The maximum atomic E-state index is 14.1. The third-order valence-corrected chi connectivity index (χ3v) is 9.17. The van der Waals surface area contributed by atoms with Crippen LogP contribution in [0.15, 0.2) is 60.7 Å². The molecule has 2 aliphatic carbocycles. The Kier molecular flexibility index (Phi) is 6.19. The normalized spacial score (nSPS) is 24.2. The highest BCUT2D eigenvalue weighted by atomic mass is 32.1. The molecule has 1 heterocycles. The zero-order valence-electron chi connectivity index (χ0n) is 21.4. The molecule has 3 aromatic carbocycles. The van der Waals surface area contributed by atoms with Crippen LogP contribution >= 0.6 is 11.3 Å². The van der Waals surface area contributed by atoms with Gasteiger partial charge in [-0.1, -0.05) is 30.3 Å². The van der Waals surface area contributed by atoms with Gasteiger partial charge in [0.25, 0.3) is 5.91 Å². The zero-order chi connectivity index (χ0) is 27.5. The summed E-state index contributed by atoms with van der Waals surface area (Å²) in [6.07, 6.45) is 1.58. The molecule has 1 amide bonds. The maximum Gasteiger partial charge on any atom is 0.262 e. The summed E-state index contributed by atoms with van der Waals surface area (Å²) in [4.78, 5) is 27.8. The molecule has 4 atom stereocenters. The number of benzene rings is 3. The van der Waals surface area contributed by atoms with Gasteiger partial charge in [0.05, 0.1) is 27.8 Å². The number of Topliss-reactive ketones (excluding diaryl/α,β-unsaturated/α-hetero) is 1. The molecule has 0 bridgehead atoms. The summed E-state index contributed by atoms with van der Waals surface area (Å²) in [6, 6.07) is 16.9. The third-order valence-electron chi connectivity index (χ3n) is 7.92. The van der Waals surface area contributed by atoms with Gasteiger partial charge in [0.2, 0.25) is 0 Å². The number of amides is 1. The van der Waals surface area contributed by atoms with Crippen LogP contribution in [-0.2, 0) is 10.3 Å². The van der Waals surface area contributed by atoms with Gasteiger partial charge in [-0.2, -0.15) is 0 Å². The number of ketones is 1. The second kappa shape index (κ2) is 9.46. The smallest absolute Gasteiger partial charge is 0.262 e. The molecule has 0 radical (unpaired) electrons. The Morgan fingerprint density at radius 3 is 2.51 bits per heavy atom. The number of nitrogens with two attached hydrogens (primary N) is 3. The number of para-hydroxylation sites is 1. The number of aliphatic hydroxyl groups excluding tert-OH is 1. The lowest BCUT2D eigenvalue weighted by Crippen LogP contribution is -2.53. The number of carbonyl (C=O) groups excluding carboxylic acids is 2. The zero-order valence-corrected chi connectivity index (χ0v) is 22.3. The summed E-state index contributed by atoms with van der Waals surface area (Å²) >= 11 is 1.21. The minimum atomic E-state index is -1.55. The van der Waals surface area contributed by atoms with Gasteiger partial charge >= 0.3 is 0 Å². The Hall–Kier alpha value is -3.76. The van der Waals surface area contributed by atoms with Gasteiger partial charge in [-0.05, 0) is 73.2 Å². The summed E-state index contributed by atoms with van der Waals surface area (Å²) in [7, 11) is 0. The highest BCUT2D eigenvalue weighted by Crippen LogP contribution is 2.50. The lowest BCUT2D eigenvalue weighted by molar-refractivity contribution is -0.124.